The zero-order valence-corrected chi connectivity index (χ0v) is 5.96. The number of carbonyl (C=O) groups is 1. The Balaban J connectivity index is 3.60. The third-order valence-electron chi connectivity index (χ3n) is 0.756. The molecule has 0 radical (unpaired) electrons. The molecule has 0 aromatic rings. The van der Waals surface area contributed by atoms with Crippen molar-refractivity contribution in [3.8, 4) is 0 Å². The van der Waals surface area contributed by atoms with Crippen molar-refractivity contribution in [2.75, 3.05) is 6.54 Å². The highest BCUT2D eigenvalue weighted by Gasteiger charge is 1.97. The lowest BCUT2D eigenvalue weighted by Crippen LogP contribution is -2.00. The predicted octanol–water partition coefficient (Wildman–Crippen LogP) is 0.578. The molecule has 0 heterocycles. The highest BCUT2D eigenvalue weighted by Crippen LogP contribution is 1.91. The van der Waals surface area contributed by atoms with E-state index in [1.54, 1.807) is 13.0 Å². The second-order valence-corrected chi connectivity index (χ2v) is 1.79. The molecule has 3 heteroatoms. The Bertz CT molecular complexity index is 161. The van der Waals surface area contributed by atoms with Gasteiger partial charge in [0.25, 0.3) is 0 Å². The lowest BCUT2D eigenvalue weighted by atomic mass is 10.4. The Labute approximate surface area is 60.2 Å². The molecule has 0 fully saturated rings. The van der Waals surface area contributed by atoms with Crippen LogP contribution in [0.5, 0.6) is 0 Å². The molecular weight excluding hydrogens is 130 g/mol. The maximum absolute atomic E-state index is 10.6. The summed E-state index contributed by atoms with van der Waals surface area (Å²) in [5.74, 6) is -0.426. The number of ether oxygens (including phenoxy) is 1. The summed E-state index contributed by atoms with van der Waals surface area (Å²) in [7, 11) is 0. The van der Waals surface area contributed by atoms with Crippen LogP contribution in [0.3, 0.4) is 0 Å². The number of hydrogen-bond donors (Lipinski definition) is 1. The summed E-state index contributed by atoms with van der Waals surface area (Å²) in [5.41, 5.74) is 5.47. The van der Waals surface area contributed by atoms with Crippen molar-refractivity contribution >= 4 is 5.97 Å². The van der Waals surface area contributed by atoms with Crippen LogP contribution >= 0.6 is 0 Å². The van der Waals surface area contributed by atoms with E-state index in [1.165, 1.54) is 6.26 Å². The fraction of sp³-hybridized carbons (Fsp3) is 0.286. The summed E-state index contributed by atoms with van der Waals surface area (Å²) in [6.45, 7) is 5.34. The molecule has 0 aliphatic heterocycles. The predicted molar refractivity (Wildman–Crippen MR) is 39.1 cm³/mol. The van der Waals surface area contributed by atoms with Gasteiger partial charge in [0.15, 0.2) is 0 Å². The minimum atomic E-state index is -0.426. The van der Waals surface area contributed by atoms with Gasteiger partial charge in [-0.05, 0) is 13.0 Å². The van der Waals surface area contributed by atoms with Gasteiger partial charge in [-0.3, -0.25) is 0 Å². The topological polar surface area (TPSA) is 52.3 Å². The molecule has 0 rings (SSSR count). The average molecular weight is 141 g/mol. The van der Waals surface area contributed by atoms with Crippen molar-refractivity contribution in [1.29, 1.82) is 0 Å². The van der Waals surface area contributed by atoms with Gasteiger partial charge in [-0.1, -0.05) is 6.58 Å². The molecule has 2 N–H and O–H groups in total. The average Bonchev–Trinajstić information content (AvgIpc) is 1.88. The van der Waals surface area contributed by atoms with Crippen LogP contribution < -0.4 is 5.73 Å². The van der Waals surface area contributed by atoms with Crippen LogP contribution in [0, 0.1) is 0 Å². The monoisotopic (exact) mass is 141 g/mol. The standard InChI is InChI=1S/C7H11NO2/c1-6(2)7(9)10-5-3-4-8/h3,5H,1,4,8H2,2H3/b5-3+. The van der Waals surface area contributed by atoms with Gasteiger partial charge < -0.3 is 10.5 Å². The summed E-state index contributed by atoms with van der Waals surface area (Å²) in [5, 5.41) is 0. The normalized spacial score (nSPS) is 9.80. The Kier molecular flexibility index (Phi) is 4.24. The van der Waals surface area contributed by atoms with Gasteiger partial charge in [0, 0.05) is 12.1 Å². The molecular formula is C7H11NO2. The van der Waals surface area contributed by atoms with Crippen LogP contribution in [-0.4, -0.2) is 12.5 Å². The van der Waals surface area contributed by atoms with Gasteiger partial charge in [-0.15, -0.1) is 0 Å². The van der Waals surface area contributed by atoms with E-state index >= 15 is 0 Å². The molecule has 0 unspecified atom stereocenters. The van der Waals surface area contributed by atoms with E-state index in [0.29, 0.717) is 12.1 Å². The van der Waals surface area contributed by atoms with E-state index in [-0.39, 0.29) is 0 Å². The summed E-state index contributed by atoms with van der Waals surface area (Å²) >= 11 is 0. The quantitative estimate of drug-likeness (QED) is 0.355. The van der Waals surface area contributed by atoms with Crippen LogP contribution in [-0.2, 0) is 9.53 Å². The lowest BCUT2D eigenvalue weighted by Gasteiger charge is -1.94. The van der Waals surface area contributed by atoms with Gasteiger partial charge in [0.1, 0.15) is 0 Å². The molecule has 0 aliphatic carbocycles. The smallest absolute Gasteiger partial charge is 0.337 e. The third-order valence-corrected chi connectivity index (χ3v) is 0.756. The first-order chi connectivity index (χ1) is 4.68. The van der Waals surface area contributed by atoms with Crippen LogP contribution in [0.1, 0.15) is 6.92 Å². The van der Waals surface area contributed by atoms with E-state index in [4.69, 9.17) is 5.73 Å². The van der Waals surface area contributed by atoms with Gasteiger partial charge in [-0.2, -0.15) is 0 Å². The molecule has 3 nitrogen and oxygen atoms in total. The molecule has 0 spiro atoms. The van der Waals surface area contributed by atoms with Crippen molar-refractivity contribution in [2.45, 2.75) is 6.92 Å². The number of esters is 1. The first-order valence-electron chi connectivity index (χ1n) is 2.90. The molecule has 10 heavy (non-hydrogen) atoms. The summed E-state index contributed by atoms with van der Waals surface area (Å²) < 4.78 is 4.54. The van der Waals surface area contributed by atoms with Crippen LogP contribution in [0.2, 0.25) is 0 Å². The fourth-order valence-electron chi connectivity index (χ4n) is 0.266. The minimum absolute atomic E-state index is 0.365. The maximum Gasteiger partial charge on any atom is 0.337 e. The maximum atomic E-state index is 10.6. The molecule has 0 aromatic heterocycles. The summed E-state index contributed by atoms with van der Waals surface area (Å²) in [4.78, 5) is 10.6. The van der Waals surface area contributed by atoms with Crippen molar-refractivity contribution in [1.82, 2.24) is 0 Å². The van der Waals surface area contributed by atoms with Crippen molar-refractivity contribution in [2.24, 2.45) is 5.73 Å². The Morgan fingerprint density at radius 1 is 1.80 bits per heavy atom. The highest BCUT2D eigenvalue weighted by atomic mass is 16.5. The fourth-order valence-corrected chi connectivity index (χ4v) is 0.266. The van der Waals surface area contributed by atoms with Crippen LogP contribution in [0.15, 0.2) is 24.5 Å². The zero-order valence-electron chi connectivity index (χ0n) is 5.96. The first-order valence-corrected chi connectivity index (χ1v) is 2.90. The second kappa shape index (κ2) is 4.76. The van der Waals surface area contributed by atoms with E-state index in [0.717, 1.165) is 0 Å². The van der Waals surface area contributed by atoms with Crippen molar-refractivity contribution in [3.63, 3.8) is 0 Å². The Hall–Kier alpha value is -1.09. The molecule has 0 bridgehead atoms. The molecule has 0 amide bonds. The van der Waals surface area contributed by atoms with Gasteiger partial charge >= 0.3 is 5.97 Å². The molecule has 0 saturated carbocycles. The third kappa shape index (κ3) is 3.86. The van der Waals surface area contributed by atoms with Gasteiger partial charge in [0.2, 0.25) is 0 Å². The second-order valence-electron chi connectivity index (χ2n) is 1.79. The summed E-state index contributed by atoms with van der Waals surface area (Å²) in [6.07, 6.45) is 2.80. The van der Waals surface area contributed by atoms with Crippen molar-refractivity contribution in [3.05, 3.63) is 24.5 Å². The number of hydrogen-bond acceptors (Lipinski definition) is 3. The summed E-state index contributed by atoms with van der Waals surface area (Å²) in [6, 6.07) is 0. The minimum Gasteiger partial charge on any atom is -0.431 e. The molecule has 0 atom stereocenters. The SMILES string of the molecule is C=C(C)C(=O)O/C=C/CN. The number of nitrogens with two attached hydrogens (primary N) is 1. The van der Waals surface area contributed by atoms with E-state index in [1.807, 2.05) is 0 Å². The lowest BCUT2D eigenvalue weighted by molar-refractivity contribution is -0.133. The van der Waals surface area contributed by atoms with E-state index in [9.17, 15) is 4.79 Å². The Morgan fingerprint density at radius 2 is 2.40 bits per heavy atom. The first kappa shape index (κ1) is 8.91. The van der Waals surface area contributed by atoms with Crippen LogP contribution in [0.25, 0.3) is 0 Å². The number of carbonyl (C=O) groups excluding carboxylic acids is 1. The van der Waals surface area contributed by atoms with Crippen molar-refractivity contribution < 1.29 is 9.53 Å². The Morgan fingerprint density at radius 3 is 2.80 bits per heavy atom. The van der Waals surface area contributed by atoms with Gasteiger partial charge in [0.05, 0.1) is 6.26 Å². The van der Waals surface area contributed by atoms with E-state index < -0.39 is 5.97 Å². The van der Waals surface area contributed by atoms with Gasteiger partial charge in [-0.25, -0.2) is 4.79 Å². The molecule has 0 aliphatic rings. The van der Waals surface area contributed by atoms with Crippen LogP contribution in [0.4, 0.5) is 0 Å². The highest BCUT2D eigenvalue weighted by molar-refractivity contribution is 5.87. The molecule has 56 valence electrons. The largest absolute Gasteiger partial charge is 0.431 e. The molecule has 0 aromatic carbocycles. The zero-order chi connectivity index (χ0) is 7.98. The molecule has 0 saturated heterocycles. The van der Waals surface area contributed by atoms with E-state index in [2.05, 4.69) is 11.3 Å². The number of rotatable bonds is 3.